The molecule has 5 heterocycles. The van der Waals surface area contributed by atoms with Crippen LogP contribution in [-0.2, 0) is 21.3 Å². The zero-order valence-corrected chi connectivity index (χ0v) is 29.0. The van der Waals surface area contributed by atoms with E-state index in [-0.39, 0.29) is 6.61 Å². The van der Waals surface area contributed by atoms with Gasteiger partial charge in [0.05, 0.1) is 27.9 Å². The van der Waals surface area contributed by atoms with Gasteiger partial charge in [0.25, 0.3) is 0 Å². The van der Waals surface area contributed by atoms with Crippen LogP contribution in [0, 0.1) is 6.92 Å². The Balaban J connectivity index is 1.39. The van der Waals surface area contributed by atoms with Crippen molar-refractivity contribution in [3.05, 3.63) is 64.7 Å². The average Bonchev–Trinajstić information content (AvgIpc) is 3.59. The minimum absolute atomic E-state index is 0.263. The third kappa shape index (κ3) is 5.47. The summed E-state index contributed by atoms with van der Waals surface area (Å²) in [6.45, 7) is 11.9. The molecule has 3 aliphatic rings. The first-order valence-electron chi connectivity index (χ1n) is 15.9. The van der Waals surface area contributed by atoms with E-state index >= 15 is 0 Å². The van der Waals surface area contributed by atoms with Crippen LogP contribution in [0.15, 0.2) is 48.5 Å². The zero-order valence-electron chi connectivity index (χ0n) is 27.4. The maximum atomic E-state index is 13.5. The fourth-order valence-corrected chi connectivity index (χ4v) is 8.20. The minimum Gasteiger partial charge on any atom is -0.464 e. The predicted molar refractivity (Wildman–Crippen MR) is 187 cm³/mol. The molecule has 0 amide bonds. The second-order valence-corrected chi connectivity index (χ2v) is 14.9. The van der Waals surface area contributed by atoms with Crippen molar-refractivity contribution in [2.24, 2.45) is 7.05 Å². The lowest BCUT2D eigenvalue weighted by Crippen LogP contribution is -2.67. The van der Waals surface area contributed by atoms with Gasteiger partial charge in [0.15, 0.2) is 11.9 Å². The van der Waals surface area contributed by atoms with Gasteiger partial charge < -0.3 is 14.4 Å². The van der Waals surface area contributed by atoms with Crippen LogP contribution in [0.4, 0.5) is 5.82 Å². The van der Waals surface area contributed by atoms with E-state index in [1.807, 2.05) is 70.6 Å². The Hall–Kier alpha value is -3.50. The molecule has 2 bridgehead atoms. The Kier molecular flexibility index (Phi) is 7.87. The number of halogens is 1. The third-order valence-electron chi connectivity index (χ3n) is 9.23. The molecule has 3 fully saturated rings. The Bertz CT molecular complexity index is 1950. The number of carbonyl (C=O) groups excluding carboxylic acids is 1. The molecule has 5 aromatic rings. The highest BCUT2D eigenvalue weighted by Crippen LogP contribution is 2.45. The van der Waals surface area contributed by atoms with Crippen molar-refractivity contribution in [1.29, 1.82) is 0 Å². The molecule has 8 nitrogen and oxygen atoms in total. The molecule has 10 heteroatoms. The number of hydrogen-bond acceptors (Lipinski definition) is 8. The van der Waals surface area contributed by atoms with Crippen molar-refractivity contribution in [3.63, 3.8) is 0 Å². The largest absolute Gasteiger partial charge is 0.464 e. The predicted octanol–water partition coefficient (Wildman–Crippen LogP) is 7.79. The molecule has 2 unspecified atom stereocenters. The number of thiazole rings is 1. The number of likely N-dealkylation sites (N-methyl/N-ethyl adjacent to an activating group) is 1. The van der Waals surface area contributed by atoms with Gasteiger partial charge in [-0.1, -0.05) is 23.7 Å². The number of fused-ring (bicyclic) bond motifs is 4. The second-order valence-electron chi connectivity index (χ2n) is 13.5. The molecule has 0 aliphatic carbocycles. The first-order valence-corrected chi connectivity index (χ1v) is 17.1. The summed E-state index contributed by atoms with van der Waals surface area (Å²) >= 11 is 7.95. The van der Waals surface area contributed by atoms with E-state index in [0.29, 0.717) is 17.1 Å². The number of aromatic nitrogens is 3. The van der Waals surface area contributed by atoms with Crippen LogP contribution in [0.25, 0.3) is 42.8 Å². The Morgan fingerprint density at radius 3 is 2.41 bits per heavy atom. The minimum atomic E-state index is -0.912. The Labute approximate surface area is 278 Å². The number of piperidine rings is 1. The van der Waals surface area contributed by atoms with Crippen molar-refractivity contribution >= 4 is 55.8 Å². The van der Waals surface area contributed by atoms with Crippen LogP contribution in [-0.4, -0.2) is 70.1 Å². The van der Waals surface area contributed by atoms with Gasteiger partial charge in [-0.3, -0.25) is 9.58 Å². The second kappa shape index (κ2) is 11.6. The third-order valence-corrected chi connectivity index (χ3v) is 10.6. The fourth-order valence-electron chi connectivity index (χ4n) is 6.96. The van der Waals surface area contributed by atoms with Gasteiger partial charge in [-0.25, -0.2) is 9.78 Å². The monoisotopic (exact) mass is 657 g/mol. The van der Waals surface area contributed by atoms with E-state index in [1.54, 1.807) is 11.3 Å². The molecular formula is C36H40ClN5O3S. The molecule has 46 heavy (non-hydrogen) atoms. The summed E-state index contributed by atoms with van der Waals surface area (Å²) in [5, 5.41) is 7.66. The molecule has 0 spiro atoms. The molecule has 240 valence electrons. The van der Waals surface area contributed by atoms with E-state index in [2.05, 4.69) is 41.1 Å². The molecule has 0 saturated carbocycles. The van der Waals surface area contributed by atoms with E-state index in [0.717, 1.165) is 72.9 Å². The van der Waals surface area contributed by atoms with Crippen molar-refractivity contribution in [2.75, 3.05) is 31.6 Å². The number of carbonyl (C=O) groups is 1. The van der Waals surface area contributed by atoms with Gasteiger partial charge in [0.1, 0.15) is 5.01 Å². The zero-order chi connectivity index (χ0) is 32.5. The molecule has 3 atom stereocenters. The highest BCUT2D eigenvalue weighted by atomic mass is 35.5. The maximum absolute atomic E-state index is 13.5. The lowest BCUT2D eigenvalue weighted by molar-refractivity contribution is -0.166. The highest BCUT2D eigenvalue weighted by Gasteiger charge is 2.43. The number of benzene rings is 3. The van der Waals surface area contributed by atoms with Crippen LogP contribution >= 0.6 is 22.9 Å². The summed E-state index contributed by atoms with van der Waals surface area (Å²) in [5.74, 6) is 0.635. The maximum Gasteiger partial charge on any atom is 0.339 e. The molecular weight excluding hydrogens is 618 g/mol. The van der Waals surface area contributed by atoms with Crippen LogP contribution in [0.5, 0.6) is 0 Å². The highest BCUT2D eigenvalue weighted by molar-refractivity contribution is 7.22. The lowest BCUT2D eigenvalue weighted by Gasteiger charge is -2.55. The first kappa shape index (κ1) is 31.1. The van der Waals surface area contributed by atoms with Gasteiger partial charge in [0.2, 0.25) is 0 Å². The van der Waals surface area contributed by atoms with E-state index in [9.17, 15) is 4.79 Å². The van der Waals surface area contributed by atoms with Gasteiger partial charge in [-0.15, -0.1) is 11.3 Å². The van der Waals surface area contributed by atoms with E-state index in [4.69, 9.17) is 31.2 Å². The summed E-state index contributed by atoms with van der Waals surface area (Å²) in [6.07, 6.45) is 0.355. The van der Waals surface area contributed by atoms with Gasteiger partial charge in [-0.2, -0.15) is 5.10 Å². The van der Waals surface area contributed by atoms with Crippen LogP contribution < -0.4 is 4.90 Å². The van der Waals surface area contributed by atoms with Crippen LogP contribution in [0.3, 0.4) is 0 Å². The summed E-state index contributed by atoms with van der Waals surface area (Å²) in [6, 6.07) is 17.5. The molecule has 2 aromatic heterocycles. The molecule has 0 radical (unpaired) electrons. The molecule has 0 N–H and O–H groups in total. The topological polar surface area (TPSA) is 72.7 Å². The smallest absolute Gasteiger partial charge is 0.339 e. The van der Waals surface area contributed by atoms with Crippen molar-refractivity contribution < 1.29 is 14.3 Å². The molecule has 3 saturated heterocycles. The van der Waals surface area contributed by atoms with E-state index in [1.165, 1.54) is 6.42 Å². The van der Waals surface area contributed by atoms with Crippen LogP contribution in [0.1, 0.15) is 51.3 Å². The lowest BCUT2D eigenvalue weighted by atomic mass is 9.88. The number of rotatable bonds is 7. The fraction of sp³-hybridized carbons (Fsp3) is 0.417. The number of anilines is 1. The average molecular weight is 658 g/mol. The summed E-state index contributed by atoms with van der Waals surface area (Å²) in [4.78, 5) is 23.6. The normalized spacial score (nSPS) is 19.1. The number of ether oxygens (including phenoxy) is 2. The number of aryl methyl sites for hydroxylation is 2. The van der Waals surface area contributed by atoms with Gasteiger partial charge in [-0.05, 0) is 95.6 Å². The SMILES string of the molecule is CCOC(=O)[C@@H](OC(C)(C)C)c1c(C)cc2nc(-c3ccc4c(c3)c(N3CC5CC(C3)N5C)nn4C)sc2c1-c1ccc(Cl)cc1. The van der Waals surface area contributed by atoms with Crippen LogP contribution in [0.2, 0.25) is 5.02 Å². The molecule has 8 rings (SSSR count). The molecule has 3 aliphatic heterocycles. The van der Waals surface area contributed by atoms with E-state index < -0.39 is 17.7 Å². The quantitative estimate of drug-likeness (QED) is 0.165. The first-order chi connectivity index (χ1) is 21.9. The number of piperazine rings is 1. The van der Waals surface area contributed by atoms with Crippen molar-refractivity contribution in [2.45, 2.75) is 64.8 Å². The Morgan fingerprint density at radius 2 is 1.76 bits per heavy atom. The number of esters is 1. The van der Waals surface area contributed by atoms with Crippen molar-refractivity contribution in [1.82, 2.24) is 19.7 Å². The molecule has 3 aromatic carbocycles. The Morgan fingerprint density at radius 1 is 1.07 bits per heavy atom. The standard InChI is InChI=1S/C36H40ClN5O3S/c1-8-44-35(43)31(45-36(3,4)5)29-20(2)15-27-32(30(29)21-9-12-23(37)13-10-21)46-34(38-27)22-11-14-28-26(16-22)33(39-41(28)7)42-18-24-17-25(19-42)40(24)6/h9-16,24-25,31H,8,17-19H2,1-7H3/t24?,25?,31-/m0/s1. The summed E-state index contributed by atoms with van der Waals surface area (Å²) in [7, 11) is 4.25. The van der Waals surface area contributed by atoms with Gasteiger partial charge >= 0.3 is 5.97 Å². The van der Waals surface area contributed by atoms with Gasteiger partial charge in [0, 0.05) is 59.3 Å². The number of hydrogen-bond donors (Lipinski definition) is 0. The summed E-state index contributed by atoms with van der Waals surface area (Å²) in [5.41, 5.74) is 5.98. The van der Waals surface area contributed by atoms with Crippen molar-refractivity contribution in [3.8, 4) is 21.7 Å². The number of nitrogens with zero attached hydrogens (tertiary/aromatic N) is 5. The summed E-state index contributed by atoms with van der Waals surface area (Å²) < 4.78 is 15.0.